The number of carbonyl (C=O) groups is 1. The second-order valence-electron chi connectivity index (χ2n) is 10.6. The maximum absolute atomic E-state index is 12.0. The predicted molar refractivity (Wildman–Crippen MR) is 156 cm³/mol. The van der Waals surface area contributed by atoms with E-state index < -0.39 is 6.16 Å². The SMILES string of the molecule is CCCCCCN(CCCCCC)CCCOC(=O)OCCCN(CCCCCC)CCCCCC. The van der Waals surface area contributed by atoms with Crippen molar-refractivity contribution in [2.75, 3.05) is 52.5 Å². The predicted octanol–water partition coefficient (Wildman–Crippen LogP) is 8.85. The molecule has 0 aliphatic rings. The number of nitrogens with zero attached hydrogens (tertiary/aromatic N) is 2. The fraction of sp³-hybridized carbons (Fsp3) is 0.968. The average Bonchev–Trinajstić information content (AvgIpc) is 2.88. The lowest BCUT2D eigenvalue weighted by atomic mass is 10.1. The fourth-order valence-electron chi connectivity index (χ4n) is 4.65. The first-order valence-corrected chi connectivity index (χ1v) is 15.9. The molecule has 0 fully saturated rings. The Kier molecular flexibility index (Phi) is 28.1. The van der Waals surface area contributed by atoms with Crippen LogP contribution >= 0.6 is 0 Å². The summed E-state index contributed by atoms with van der Waals surface area (Å²) < 4.78 is 10.7. The van der Waals surface area contributed by atoms with Crippen LogP contribution in [-0.4, -0.2) is 68.4 Å². The third kappa shape index (κ3) is 24.9. The second kappa shape index (κ2) is 28.8. The van der Waals surface area contributed by atoms with E-state index in [4.69, 9.17) is 9.47 Å². The molecule has 0 heterocycles. The number of rotatable bonds is 28. The molecule has 5 heteroatoms. The van der Waals surface area contributed by atoms with E-state index in [-0.39, 0.29) is 0 Å². The van der Waals surface area contributed by atoms with Crippen LogP contribution in [0.15, 0.2) is 0 Å². The van der Waals surface area contributed by atoms with Gasteiger partial charge in [-0.25, -0.2) is 4.79 Å². The number of hydrogen-bond acceptors (Lipinski definition) is 5. The van der Waals surface area contributed by atoms with E-state index in [1.54, 1.807) is 0 Å². The topological polar surface area (TPSA) is 42.0 Å². The summed E-state index contributed by atoms with van der Waals surface area (Å²) in [5.74, 6) is 0. The number of carbonyl (C=O) groups excluding carboxylic acids is 1. The summed E-state index contributed by atoms with van der Waals surface area (Å²) in [5, 5.41) is 0. The van der Waals surface area contributed by atoms with E-state index in [1.165, 1.54) is 129 Å². The Bertz CT molecular complexity index is 386. The number of hydrogen-bond donors (Lipinski definition) is 0. The van der Waals surface area contributed by atoms with Gasteiger partial charge in [-0.15, -0.1) is 0 Å². The molecular weight excluding hydrogens is 448 g/mol. The lowest BCUT2D eigenvalue weighted by Crippen LogP contribution is -2.29. The molecule has 0 atom stereocenters. The van der Waals surface area contributed by atoms with Crippen molar-refractivity contribution >= 4 is 6.16 Å². The number of ether oxygens (including phenoxy) is 2. The zero-order valence-electron chi connectivity index (χ0n) is 25.0. The van der Waals surface area contributed by atoms with E-state index >= 15 is 0 Å². The minimum Gasteiger partial charge on any atom is -0.434 e. The quantitative estimate of drug-likeness (QED) is 0.0773. The molecule has 0 aromatic heterocycles. The van der Waals surface area contributed by atoms with Crippen molar-refractivity contribution in [1.82, 2.24) is 9.80 Å². The molecule has 0 saturated carbocycles. The van der Waals surface area contributed by atoms with Crippen molar-refractivity contribution in [1.29, 1.82) is 0 Å². The van der Waals surface area contributed by atoms with Gasteiger partial charge in [0.1, 0.15) is 0 Å². The minimum absolute atomic E-state index is 0.459. The van der Waals surface area contributed by atoms with Crippen LogP contribution in [0.25, 0.3) is 0 Å². The highest BCUT2D eigenvalue weighted by molar-refractivity contribution is 5.59. The van der Waals surface area contributed by atoms with Crippen molar-refractivity contribution in [2.24, 2.45) is 0 Å². The highest BCUT2D eigenvalue weighted by atomic mass is 16.7. The first-order valence-electron chi connectivity index (χ1n) is 15.9. The van der Waals surface area contributed by atoms with Gasteiger partial charge in [0.25, 0.3) is 0 Å². The van der Waals surface area contributed by atoms with Gasteiger partial charge >= 0.3 is 6.16 Å². The largest absolute Gasteiger partial charge is 0.508 e. The van der Waals surface area contributed by atoms with Gasteiger partial charge in [0.15, 0.2) is 0 Å². The van der Waals surface area contributed by atoms with Gasteiger partial charge in [-0.1, -0.05) is 105 Å². The molecule has 0 aromatic rings. The summed E-state index contributed by atoms with van der Waals surface area (Å²) in [6.07, 6.45) is 22.1. The molecule has 0 N–H and O–H groups in total. The van der Waals surface area contributed by atoms with Crippen LogP contribution in [0.3, 0.4) is 0 Å². The lowest BCUT2D eigenvalue weighted by Gasteiger charge is -2.22. The summed E-state index contributed by atoms with van der Waals surface area (Å²) in [5.41, 5.74) is 0. The molecule has 0 unspecified atom stereocenters. The molecule has 0 aliphatic carbocycles. The van der Waals surface area contributed by atoms with Crippen molar-refractivity contribution in [3.8, 4) is 0 Å². The van der Waals surface area contributed by atoms with Crippen LogP contribution in [0.4, 0.5) is 4.79 Å². The molecule has 36 heavy (non-hydrogen) atoms. The van der Waals surface area contributed by atoms with Crippen LogP contribution in [0.5, 0.6) is 0 Å². The van der Waals surface area contributed by atoms with Crippen LogP contribution in [0.1, 0.15) is 143 Å². The molecule has 0 rings (SSSR count). The second-order valence-corrected chi connectivity index (χ2v) is 10.6. The van der Waals surface area contributed by atoms with Crippen molar-refractivity contribution < 1.29 is 14.3 Å². The molecule has 0 aliphatic heterocycles. The molecule has 216 valence electrons. The zero-order chi connectivity index (χ0) is 26.5. The Hall–Kier alpha value is -0.810. The highest BCUT2D eigenvalue weighted by Crippen LogP contribution is 2.08. The lowest BCUT2D eigenvalue weighted by molar-refractivity contribution is 0.0495. The van der Waals surface area contributed by atoms with Gasteiger partial charge in [-0.2, -0.15) is 0 Å². The van der Waals surface area contributed by atoms with Gasteiger partial charge in [0.2, 0.25) is 0 Å². The fourth-order valence-corrected chi connectivity index (χ4v) is 4.65. The van der Waals surface area contributed by atoms with E-state index in [0.717, 1.165) is 25.9 Å². The monoisotopic (exact) mass is 512 g/mol. The summed E-state index contributed by atoms with van der Waals surface area (Å²) in [6, 6.07) is 0. The molecule has 0 bridgehead atoms. The van der Waals surface area contributed by atoms with E-state index in [1.807, 2.05) is 0 Å². The Balaban J connectivity index is 4.05. The van der Waals surface area contributed by atoms with Crippen molar-refractivity contribution in [3.05, 3.63) is 0 Å². The van der Waals surface area contributed by atoms with Gasteiger partial charge < -0.3 is 19.3 Å². The Morgan fingerprint density at radius 3 is 0.972 bits per heavy atom. The van der Waals surface area contributed by atoms with Crippen LogP contribution in [-0.2, 0) is 9.47 Å². The smallest absolute Gasteiger partial charge is 0.434 e. The average molecular weight is 513 g/mol. The molecule has 0 amide bonds. The van der Waals surface area contributed by atoms with E-state index in [9.17, 15) is 4.79 Å². The van der Waals surface area contributed by atoms with Crippen molar-refractivity contribution in [3.63, 3.8) is 0 Å². The maximum atomic E-state index is 12.0. The summed E-state index contributed by atoms with van der Waals surface area (Å²) in [6.45, 7) is 16.7. The summed E-state index contributed by atoms with van der Waals surface area (Å²) in [4.78, 5) is 17.2. The van der Waals surface area contributed by atoms with Gasteiger partial charge in [0.05, 0.1) is 13.2 Å². The molecule has 5 nitrogen and oxygen atoms in total. The normalized spacial score (nSPS) is 11.5. The van der Waals surface area contributed by atoms with Crippen LogP contribution in [0.2, 0.25) is 0 Å². The third-order valence-electron chi connectivity index (χ3n) is 6.99. The van der Waals surface area contributed by atoms with E-state index in [2.05, 4.69) is 37.5 Å². The standard InChI is InChI=1S/C31H64N2O3/c1-5-9-13-17-23-32(24-18-14-10-6-2)27-21-29-35-31(34)36-30-22-28-33(25-19-15-11-7-3)26-20-16-12-8-4/h5-30H2,1-4H3. The third-order valence-corrected chi connectivity index (χ3v) is 6.99. The first-order chi connectivity index (χ1) is 17.7. The molecule has 0 spiro atoms. The van der Waals surface area contributed by atoms with Crippen molar-refractivity contribution in [2.45, 2.75) is 143 Å². The van der Waals surface area contributed by atoms with Gasteiger partial charge in [-0.05, 0) is 64.7 Å². The van der Waals surface area contributed by atoms with Gasteiger partial charge in [-0.3, -0.25) is 0 Å². The Labute approximate surface area is 226 Å². The van der Waals surface area contributed by atoms with Gasteiger partial charge in [0, 0.05) is 13.1 Å². The molecule has 0 saturated heterocycles. The van der Waals surface area contributed by atoms with Crippen LogP contribution < -0.4 is 0 Å². The zero-order valence-corrected chi connectivity index (χ0v) is 25.0. The Morgan fingerprint density at radius 1 is 0.417 bits per heavy atom. The summed E-state index contributed by atoms with van der Waals surface area (Å²) in [7, 11) is 0. The van der Waals surface area contributed by atoms with E-state index in [0.29, 0.717) is 13.2 Å². The minimum atomic E-state index is -0.495. The Morgan fingerprint density at radius 2 is 0.694 bits per heavy atom. The molecule has 0 radical (unpaired) electrons. The highest BCUT2D eigenvalue weighted by Gasteiger charge is 2.09. The maximum Gasteiger partial charge on any atom is 0.508 e. The molecule has 0 aromatic carbocycles. The molecular formula is C31H64N2O3. The van der Waals surface area contributed by atoms with Crippen LogP contribution in [0, 0.1) is 0 Å². The summed E-state index contributed by atoms with van der Waals surface area (Å²) >= 11 is 0. The first kappa shape index (κ1) is 35.2. The number of unbranched alkanes of at least 4 members (excludes halogenated alkanes) is 12.